The van der Waals surface area contributed by atoms with Crippen LogP contribution in [0.15, 0.2) is 48.5 Å². The van der Waals surface area contributed by atoms with Crippen molar-refractivity contribution in [1.29, 1.82) is 0 Å². The Bertz CT molecular complexity index is 537. The van der Waals surface area contributed by atoms with Crippen LogP contribution < -0.4 is 5.32 Å². The number of hydrogen-bond donors (Lipinski definition) is 1. The van der Waals surface area contributed by atoms with Crippen LogP contribution in [0.1, 0.15) is 62.8 Å². The third-order valence-electron chi connectivity index (χ3n) is 3.98. The molecule has 2 aromatic carbocycles. The molecule has 0 aliphatic heterocycles. The van der Waals surface area contributed by atoms with Crippen LogP contribution in [-0.4, -0.2) is 0 Å². The van der Waals surface area contributed by atoms with Crippen molar-refractivity contribution in [3.8, 4) is 0 Å². The van der Waals surface area contributed by atoms with Crippen LogP contribution in [0.4, 0.5) is 5.69 Å². The average Bonchev–Trinajstić information content (AvgIpc) is 2.49. The van der Waals surface area contributed by atoms with Crippen LogP contribution in [0.2, 0.25) is 0 Å². The van der Waals surface area contributed by atoms with Gasteiger partial charge in [0.25, 0.3) is 0 Å². The van der Waals surface area contributed by atoms with Crippen LogP contribution in [0.3, 0.4) is 0 Å². The number of hydrogen-bond acceptors (Lipinski definition) is 1. The topological polar surface area (TPSA) is 12.0 Å². The van der Waals surface area contributed by atoms with Crippen LogP contribution in [-0.2, 0) is 6.42 Å². The molecule has 0 saturated heterocycles. The molecule has 0 bridgehead atoms. The van der Waals surface area contributed by atoms with Gasteiger partial charge < -0.3 is 5.32 Å². The summed E-state index contributed by atoms with van der Waals surface area (Å²) in [6.45, 7) is 8.89. The lowest BCUT2D eigenvalue weighted by atomic mass is 9.99. The molecule has 0 spiro atoms. The van der Waals surface area contributed by atoms with Crippen molar-refractivity contribution in [3.63, 3.8) is 0 Å². The maximum atomic E-state index is 3.58. The van der Waals surface area contributed by atoms with E-state index >= 15 is 0 Å². The van der Waals surface area contributed by atoms with Crippen molar-refractivity contribution in [2.75, 3.05) is 5.32 Å². The maximum Gasteiger partial charge on any atom is 0.0485 e. The molecule has 2 rings (SSSR count). The van der Waals surface area contributed by atoms with Crippen molar-refractivity contribution < 1.29 is 0 Å². The molecule has 0 aliphatic carbocycles. The predicted molar refractivity (Wildman–Crippen MR) is 93.0 cm³/mol. The Morgan fingerprint density at radius 3 is 1.90 bits per heavy atom. The van der Waals surface area contributed by atoms with Crippen molar-refractivity contribution in [3.05, 3.63) is 65.2 Å². The summed E-state index contributed by atoms with van der Waals surface area (Å²) in [4.78, 5) is 0. The highest BCUT2D eigenvalue weighted by Crippen LogP contribution is 2.22. The van der Waals surface area contributed by atoms with E-state index in [0.717, 1.165) is 6.42 Å². The first-order valence-corrected chi connectivity index (χ1v) is 8.05. The van der Waals surface area contributed by atoms with Gasteiger partial charge in [0.1, 0.15) is 0 Å². The second kappa shape index (κ2) is 7.31. The molecule has 1 unspecified atom stereocenters. The fourth-order valence-corrected chi connectivity index (χ4v) is 2.56. The number of benzene rings is 2. The molecule has 1 atom stereocenters. The lowest BCUT2D eigenvalue weighted by Gasteiger charge is -2.17. The molecule has 21 heavy (non-hydrogen) atoms. The van der Waals surface area contributed by atoms with E-state index in [4.69, 9.17) is 0 Å². The van der Waals surface area contributed by atoms with Crippen molar-refractivity contribution in [2.45, 2.75) is 52.5 Å². The van der Waals surface area contributed by atoms with Gasteiger partial charge in [0.15, 0.2) is 0 Å². The van der Waals surface area contributed by atoms with Gasteiger partial charge in [0.05, 0.1) is 0 Å². The highest BCUT2D eigenvalue weighted by Gasteiger charge is 2.06. The maximum absolute atomic E-state index is 3.58. The Labute approximate surface area is 129 Å². The monoisotopic (exact) mass is 281 g/mol. The summed E-state index contributed by atoms with van der Waals surface area (Å²) in [6.07, 6.45) is 2.36. The third-order valence-corrected chi connectivity index (χ3v) is 3.98. The Morgan fingerprint density at radius 2 is 1.38 bits per heavy atom. The van der Waals surface area contributed by atoms with Gasteiger partial charge in [0.2, 0.25) is 0 Å². The minimum absolute atomic E-state index is 0.322. The Hall–Kier alpha value is -1.76. The zero-order chi connectivity index (χ0) is 15.2. The molecule has 112 valence electrons. The van der Waals surface area contributed by atoms with E-state index in [1.807, 2.05) is 0 Å². The lowest BCUT2D eigenvalue weighted by Crippen LogP contribution is -2.06. The van der Waals surface area contributed by atoms with E-state index in [9.17, 15) is 0 Å². The van der Waals surface area contributed by atoms with Gasteiger partial charge in [-0.15, -0.1) is 0 Å². The number of anilines is 1. The molecule has 1 nitrogen and oxygen atoms in total. The van der Waals surface area contributed by atoms with Gasteiger partial charge in [-0.05, 0) is 48.1 Å². The lowest BCUT2D eigenvalue weighted by molar-refractivity contribution is 0.852. The first-order valence-electron chi connectivity index (χ1n) is 8.05. The van der Waals surface area contributed by atoms with E-state index in [0.29, 0.717) is 12.0 Å². The van der Waals surface area contributed by atoms with E-state index < -0.39 is 0 Å². The predicted octanol–water partition coefficient (Wildman–Crippen LogP) is 5.94. The van der Waals surface area contributed by atoms with E-state index in [1.165, 1.54) is 28.8 Å². The number of rotatable bonds is 6. The SMILES string of the molecule is CCCc1ccc(NC(C)c2ccc(C(C)C)cc2)cc1. The zero-order valence-corrected chi connectivity index (χ0v) is 13.7. The molecule has 0 fully saturated rings. The van der Waals surface area contributed by atoms with Gasteiger partial charge in [-0.1, -0.05) is 63.6 Å². The Balaban J connectivity index is 2.01. The summed E-state index contributed by atoms with van der Waals surface area (Å²) in [5.41, 5.74) is 5.33. The van der Waals surface area contributed by atoms with Crippen LogP contribution in [0.25, 0.3) is 0 Å². The van der Waals surface area contributed by atoms with Gasteiger partial charge in [-0.3, -0.25) is 0 Å². The molecule has 0 aliphatic rings. The summed E-state index contributed by atoms with van der Waals surface area (Å²) < 4.78 is 0. The molecular weight excluding hydrogens is 254 g/mol. The van der Waals surface area contributed by atoms with Crippen molar-refractivity contribution in [1.82, 2.24) is 0 Å². The highest BCUT2D eigenvalue weighted by atomic mass is 14.9. The minimum Gasteiger partial charge on any atom is -0.379 e. The summed E-state index contributed by atoms with van der Waals surface area (Å²) in [5, 5.41) is 3.58. The molecule has 0 saturated carbocycles. The fourth-order valence-electron chi connectivity index (χ4n) is 2.56. The molecular formula is C20H27N. The van der Waals surface area contributed by atoms with Crippen LogP contribution >= 0.6 is 0 Å². The van der Waals surface area contributed by atoms with Gasteiger partial charge in [-0.2, -0.15) is 0 Å². The normalized spacial score (nSPS) is 12.4. The largest absolute Gasteiger partial charge is 0.379 e. The molecule has 0 heterocycles. The molecule has 1 heteroatoms. The van der Waals surface area contributed by atoms with E-state index in [1.54, 1.807) is 0 Å². The quantitative estimate of drug-likeness (QED) is 0.691. The first-order chi connectivity index (χ1) is 10.1. The first kappa shape index (κ1) is 15.6. The van der Waals surface area contributed by atoms with Gasteiger partial charge >= 0.3 is 0 Å². The fraction of sp³-hybridized carbons (Fsp3) is 0.400. The number of nitrogens with one attached hydrogen (secondary N) is 1. The second-order valence-corrected chi connectivity index (χ2v) is 6.13. The molecule has 2 aromatic rings. The van der Waals surface area contributed by atoms with E-state index in [2.05, 4.69) is 81.5 Å². The summed E-state index contributed by atoms with van der Waals surface area (Å²) in [6, 6.07) is 18.1. The number of aryl methyl sites for hydroxylation is 1. The smallest absolute Gasteiger partial charge is 0.0485 e. The van der Waals surface area contributed by atoms with Crippen LogP contribution in [0.5, 0.6) is 0 Å². The Kier molecular flexibility index (Phi) is 5.44. The second-order valence-electron chi connectivity index (χ2n) is 6.13. The van der Waals surface area contributed by atoms with Gasteiger partial charge in [-0.25, -0.2) is 0 Å². The minimum atomic E-state index is 0.322. The molecule has 0 aromatic heterocycles. The van der Waals surface area contributed by atoms with Crippen molar-refractivity contribution >= 4 is 5.69 Å². The molecule has 0 amide bonds. The molecule has 0 radical (unpaired) electrons. The standard InChI is InChI=1S/C20H27N/c1-5-6-17-7-13-20(14-8-17)21-16(4)19-11-9-18(10-12-19)15(2)3/h7-16,21H,5-6H2,1-4H3. The molecule has 1 N–H and O–H groups in total. The van der Waals surface area contributed by atoms with Crippen LogP contribution in [0, 0.1) is 0 Å². The third kappa shape index (κ3) is 4.35. The zero-order valence-electron chi connectivity index (χ0n) is 13.7. The van der Waals surface area contributed by atoms with Crippen molar-refractivity contribution in [2.24, 2.45) is 0 Å². The Morgan fingerprint density at radius 1 is 0.810 bits per heavy atom. The summed E-state index contributed by atoms with van der Waals surface area (Å²) in [5.74, 6) is 0.591. The van der Waals surface area contributed by atoms with E-state index in [-0.39, 0.29) is 0 Å². The highest BCUT2D eigenvalue weighted by molar-refractivity contribution is 5.47. The van der Waals surface area contributed by atoms with Gasteiger partial charge in [0, 0.05) is 11.7 Å². The average molecular weight is 281 g/mol. The summed E-state index contributed by atoms with van der Waals surface area (Å²) >= 11 is 0. The summed E-state index contributed by atoms with van der Waals surface area (Å²) in [7, 11) is 0.